The van der Waals surface area contributed by atoms with Crippen molar-refractivity contribution in [2.45, 2.75) is 25.1 Å². The molecule has 2 aliphatic rings. The first-order valence-electron chi connectivity index (χ1n) is 8.30. The highest BCUT2D eigenvalue weighted by Crippen LogP contribution is 2.28. The van der Waals surface area contributed by atoms with Crippen molar-refractivity contribution in [1.82, 2.24) is 5.32 Å². The monoisotopic (exact) mass is 324 g/mol. The molecule has 2 atom stereocenters. The highest BCUT2D eigenvalue weighted by Gasteiger charge is 2.24. The number of ether oxygens (including phenoxy) is 2. The minimum atomic E-state index is -0.265. The summed E-state index contributed by atoms with van der Waals surface area (Å²) in [6, 6.07) is 15.3. The number of benzene rings is 2. The van der Waals surface area contributed by atoms with Crippen LogP contribution in [-0.2, 0) is 4.74 Å². The van der Waals surface area contributed by atoms with Gasteiger partial charge in [0.2, 0.25) is 0 Å². The van der Waals surface area contributed by atoms with Gasteiger partial charge in [-0.3, -0.25) is 4.79 Å². The number of carbonyl (C=O) groups excluding carboxylic acids is 1. The predicted molar refractivity (Wildman–Crippen MR) is 91.2 cm³/mol. The number of anilines is 1. The van der Waals surface area contributed by atoms with E-state index in [0.29, 0.717) is 12.2 Å². The first-order valence-corrected chi connectivity index (χ1v) is 8.30. The van der Waals surface area contributed by atoms with Gasteiger partial charge in [0.15, 0.2) is 0 Å². The largest absolute Gasteiger partial charge is 0.491 e. The van der Waals surface area contributed by atoms with Gasteiger partial charge in [-0.25, -0.2) is 0 Å². The lowest BCUT2D eigenvalue weighted by atomic mass is 10.1. The maximum absolute atomic E-state index is 12.3. The van der Waals surface area contributed by atoms with E-state index < -0.39 is 0 Å². The second-order valence-electron chi connectivity index (χ2n) is 6.11. The van der Waals surface area contributed by atoms with Crippen LogP contribution in [0.2, 0.25) is 0 Å². The van der Waals surface area contributed by atoms with Crippen LogP contribution in [0.3, 0.4) is 0 Å². The van der Waals surface area contributed by atoms with Gasteiger partial charge in [-0.2, -0.15) is 0 Å². The molecule has 2 unspecified atom stereocenters. The number of fused-ring (bicyclic) bond motifs is 1. The highest BCUT2D eigenvalue weighted by molar-refractivity contribution is 6.01. The van der Waals surface area contributed by atoms with Crippen LogP contribution in [0.25, 0.3) is 0 Å². The Hall–Kier alpha value is -2.53. The Balaban J connectivity index is 1.48. The molecule has 5 heteroatoms. The van der Waals surface area contributed by atoms with Crippen molar-refractivity contribution in [3.05, 3.63) is 59.7 Å². The smallest absolute Gasteiger partial charge is 0.255 e. The van der Waals surface area contributed by atoms with E-state index in [1.54, 1.807) is 0 Å². The molecule has 2 aromatic carbocycles. The zero-order chi connectivity index (χ0) is 16.4. The fourth-order valence-corrected chi connectivity index (χ4v) is 3.12. The Morgan fingerprint density at radius 3 is 2.92 bits per heavy atom. The number of carbonyl (C=O) groups is 1. The summed E-state index contributed by atoms with van der Waals surface area (Å²) < 4.78 is 11.4. The van der Waals surface area contributed by atoms with Crippen LogP contribution < -0.4 is 15.4 Å². The first kappa shape index (κ1) is 15.0. The Bertz CT molecular complexity index is 741. The van der Waals surface area contributed by atoms with Crippen molar-refractivity contribution in [3.8, 4) is 5.75 Å². The molecule has 124 valence electrons. The van der Waals surface area contributed by atoms with Gasteiger partial charge in [-0.05, 0) is 42.7 Å². The lowest BCUT2D eigenvalue weighted by molar-refractivity contribution is 0.0679. The third-order valence-electron chi connectivity index (χ3n) is 4.40. The maximum atomic E-state index is 12.3. The van der Waals surface area contributed by atoms with Crippen LogP contribution in [0.15, 0.2) is 48.5 Å². The van der Waals surface area contributed by atoms with E-state index >= 15 is 0 Å². The summed E-state index contributed by atoms with van der Waals surface area (Å²) >= 11 is 0. The number of hydrogen-bond acceptors (Lipinski definition) is 4. The van der Waals surface area contributed by atoms with Crippen molar-refractivity contribution < 1.29 is 14.3 Å². The Morgan fingerprint density at radius 2 is 2.04 bits per heavy atom. The Morgan fingerprint density at radius 1 is 1.12 bits per heavy atom. The highest BCUT2D eigenvalue weighted by atomic mass is 16.5. The van der Waals surface area contributed by atoms with Gasteiger partial charge >= 0.3 is 0 Å². The summed E-state index contributed by atoms with van der Waals surface area (Å²) in [6.45, 7) is 1.39. The van der Waals surface area contributed by atoms with Crippen molar-refractivity contribution >= 4 is 11.6 Å². The number of rotatable bonds is 4. The van der Waals surface area contributed by atoms with Gasteiger partial charge in [0, 0.05) is 12.3 Å². The van der Waals surface area contributed by atoms with E-state index in [9.17, 15) is 4.79 Å². The summed E-state index contributed by atoms with van der Waals surface area (Å²) in [5.74, 6) is 0.720. The van der Waals surface area contributed by atoms with E-state index in [1.165, 1.54) is 0 Å². The molecule has 1 amide bonds. The Kier molecular flexibility index (Phi) is 4.09. The molecular formula is C19H20N2O3. The fraction of sp³-hybridized carbons (Fsp3) is 0.316. The van der Waals surface area contributed by atoms with Gasteiger partial charge < -0.3 is 20.1 Å². The van der Waals surface area contributed by atoms with E-state index in [1.807, 2.05) is 48.5 Å². The van der Waals surface area contributed by atoms with E-state index in [4.69, 9.17) is 9.47 Å². The van der Waals surface area contributed by atoms with Gasteiger partial charge in [-0.15, -0.1) is 0 Å². The minimum absolute atomic E-state index is 0.0694. The summed E-state index contributed by atoms with van der Waals surface area (Å²) in [4.78, 5) is 12.3. The van der Waals surface area contributed by atoms with Gasteiger partial charge in [-0.1, -0.05) is 24.3 Å². The molecule has 2 N–H and O–H groups in total. The zero-order valence-corrected chi connectivity index (χ0v) is 13.3. The summed E-state index contributed by atoms with van der Waals surface area (Å²) in [5, 5.41) is 6.34. The van der Waals surface area contributed by atoms with Crippen LogP contribution in [0.5, 0.6) is 5.75 Å². The van der Waals surface area contributed by atoms with E-state index in [2.05, 4.69) is 10.6 Å². The summed E-state index contributed by atoms with van der Waals surface area (Å²) in [5.41, 5.74) is 2.47. The molecule has 2 aliphatic heterocycles. The molecule has 0 spiro atoms. The predicted octanol–water partition coefficient (Wildman–Crippen LogP) is 3.10. The topological polar surface area (TPSA) is 59.6 Å². The molecule has 5 nitrogen and oxygen atoms in total. The SMILES string of the molecule is O=C1NC(c2cccc(OCC3CCCO3)c2)Nc2ccccc21. The van der Waals surface area contributed by atoms with Crippen molar-refractivity contribution in [1.29, 1.82) is 0 Å². The number of hydrogen-bond donors (Lipinski definition) is 2. The minimum Gasteiger partial charge on any atom is -0.491 e. The van der Waals surface area contributed by atoms with Crippen molar-refractivity contribution in [2.75, 3.05) is 18.5 Å². The molecule has 2 heterocycles. The molecule has 24 heavy (non-hydrogen) atoms. The summed E-state index contributed by atoms with van der Waals surface area (Å²) in [7, 11) is 0. The quantitative estimate of drug-likeness (QED) is 0.907. The molecule has 2 aromatic rings. The average Bonchev–Trinajstić information content (AvgIpc) is 3.14. The van der Waals surface area contributed by atoms with Crippen LogP contribution in [0, 0.1) is 0 Å². The Labute approximate surface area is 141 Å². The van der Waals surface area contributed by atoms with Crippen LogP contribution in [-0.4, -0.2) is 25.2 Å². The molecule has 0 aliphatic carbocycles. The zero-order valence-electron chi connectivity index (χ0n) is 13.3. The second kappa shape index (κ2) is 6.53. The molecule has 0 radical (unpaired) electrons. The number of para-hydroxylation sites is 1. The third-order valence-corrected chi connectivity index (χ3v) is 4.40. The molecule has 0 saturated carbocycles. The standard InChI is InChI=1S/C19H20N2O3/c22-19-16-8-1-2-9-17(16)20-18(21-19)13-5-3-6-14(11-13)24-12-15-7-4-10-23-15/h1-3,5-6,8-9,11,15,18,20H,4,7,10,12H2,(H,21,22). The number of nitrogens with one attached hydrogen (secondary N) is 2. The van der Waals surface area contributed by atoms with Gasteiger partial charge in [0.1, 0.15) is 18.5 Å². The third kappa shape index (κ3) is 3.08. The number of amides is 1. The van der Waals surface area contributed by atoms with Crippen molar-refractivity contribution in [3.63, 3.8) is 0 Å². The van der Waals surface area contributed by atoms with Crippen LogP contribution >= 0.6 is 0 Å². The maximum Gasteiger partial charge on any atom is 0.255 e. The van der Waals surface area contributed by atoms with Crippen LogP contribution in [0.4, 0.5) is 5.69 Å². The first-order chi connectivity index (χ1) is 11.8. The molecule has 1 fully saturated rings. The van der Waals surface area contributed by atoms with Gasteiger partial charge in [0.25, 0.3) is 5.91 Å². The molecule has 1 saturated heterocycles. The molecule has 0 bridgehead atoms. The molecule has 0 aromatic heterocycles. The molecular weight excluding hydrogens is 304 g/mol. The van der Waals surface area contributed by atoms with Crippen LogP contribution in [0.1, 0.15) is 34.9 Å². The average molecular weight is 324 g/mol. The lowest BCUT2D eigenvalue weighted by Crippen LogP contribution is -2.38. The molecule has 4 rings (SSSR count). The lowest BCUT2D eigenvalue weighted by Gasteiger charge is -2.28. The van der Waals surface area contributed by atoms with Crippen molar-refractivity contribution in [2.24, 2.45) is 0 Å². The summed E-state index contributed by atoms with van der Waals surface area (Å²) in [6.07, 6.45) is 2.08. The van der Waals surface area contributed by atoms with Gasteiger partial charge in [0.05, 0.1) is 11.7 Å². The van der Waals surface area contributed by atoms with E-state index in [-0.39, 0.29) is 18.2 Å². The second-order valence-corrected chi connectivity index (χ2v) is 6.11. The fourth-order valence-electron chi connectivity index (χ4n) is 3.12. The normalized spacial score (nSPS) is 22.4. The van der Waals surface area contributed by atoms with E-state index in [0.717, 1.165) is 36.4 Å².